The largest absolute Gasteiger partial charge is 0.438 e. The molecule has 3 aromatic heterocycles. The summed E-state index contributed by atoms with van der Waals surface area (Å²) in [7, 11) is 3.77. The summed E-state index contributed by atoms with van der Waals surface area (Å²) in [5, 5.41) is 11.5. The van der Waals surface area contributed by atoms with E-state index < -0.39 is 17.6 Å². The summed E-state index contributed by atoms with van der Waals surface area (Å²) in [6.45, 7) is 4.92. The average molecular weight is 622 g/mol. The van der Waals surface area contributed by atoms with E-state index in [9.17, 15) is 18.0 Å². The highest BCUT2D eigenvalue weighted by molar-refractivity contribution is 7.08. The molecule has 0 atom stereocenters. The number of nitrogens with one attached hydrogen (secondary N) is 1. The van der Waals surface area contributed by atoms with Crippen molar-refractivity contribution in [1.29, 1.82) is 0 Å². The molecular formula is C31H30F3N7O2S. The molecule has 1 amide bonds. The molecule has 6 rings (SSSR count). The number of carbonyl (C=O) groups is 1. The maximum absolute atomic E-state index is 14.1. The highest BCUT2D eigenvalue weighted by Crippen LogP contribution is 2.35. The first-order valence-electron chi connectivity index (χ1n) is 14.0. The summed E-state index contributed by atoms with van der Waals surface area (Å²) in [6, 6.07) is 10.8. The Balaban J connectivity index is 1.24. The number of hydrogen-bond donors (Lipinski definition) is 1. The van der Waals surface area contributed by atoms with Gasteiger partial charge < -0.3 is 15.0 Å². The van der Waals surface area contributed by atoms with Crippen LogP contribution in [-0.4, -0.2) is 68.7 Å². The van der Waals surface area contributed by atoms with Crippen LogP contribution < -0.4 is 10.1 Å². The van der Waals surface area contributed by atoms with Crippen LogP contribution in [0.3, 0.4) is 0 Å². The van der Waals surface area contributed by atoms with E-state index in [0.717, 1.165) is 24.7 Å². The minimum absolute atomic E-state index is 0.0848. The molecule has 1 aliphatic rings. The van der Waals surface area contributed by atoms with Crippen LogP contribution in [0.15, 0.2) is 59.4 Å². The molecule has 44 heavy (non-hydrogen) atoms. The number of benzene rings is 2. The van der Waals surface area contributed by atoms with Gasteiger partial charge in [-0.15, -0.1) is 0 Å². The predicted molar refractivity (Wildman–Crippen MR) is 163 cm³/mol. The van der Waals surface area contributed by atoms with Crippen molar-refractivity contribution in [3.8, 4) is 23.0 Å². The number of piperazine rings is 1. The van der Waals surface area contributed by atoms with Gasteiger partial charge in [0, 0.05) is 68.0 Å². The number of aryl methyl sites for hydroxylation is 2. The van der Waals surface area contributed by atoms with Crippen molar-refractivity contribution in [3.63, 3.8) is 0 Å². The molecule has 2 aromatic carbocycles. The lowest BCUT2D eigenvalue weighted by Crippen LogP contribution is -2.44. The zero-order valence-corrected chi connectivity index (χ0v) is 25.2. The molecule has 5 aromatic rings. The normalized spacial score (nSPS) is 14.7. The zero-order chi connectivity index (χ0) is 31.0. The Morgan fingerprint density at radius 1 is 1.05 bits per heavy atom. The number of ether oxygens (including phenoxy) is 1. The highest BCUT2D eigenvalue weighted by atomic mass is 32.1. The third-order valence-corrected chi connectivity index (χ3v) is 8.36. The van der Waals surface area contributed by atoms with Crippen LogP contribution in [-0.2, 0) is 19.8 Å². The Morgan fingerprint density at radius 3 is 2.57 bits per heavy atom. The Morgan fingerprint density at radius 2 is 1.84 bits per heavy atom. The van der Waals surface area contributed by atoms with E-state index in [1.165, 1.54) is 23.5 Å². The summed E-state index contributed by atoms with van der Waals surface area (Å²) >= 11 is 1.52. The van der Waals surface area contributed by atoms with Crippen LogP contribution in [0, 0.1) is 6.92 Å². The van der Waals surface area contributed by atoms with E-state index in [0.29, 0.717) is 46.9 Å². The van der Waals surface area contributed by atoms with Gasteiger partial charge in [-0.2, -0.15) is 34.6 Å². The topological polar surface area (TPSA) is 88.4 Å². The second-order valence-corrected chi connectivity index (χ2v) is 11.6. The number of aromatic nitrogens is 4. The van der Waals surface area contributed by atoms with Gasteiger partial charge in [0.2, 0.25) is 5.88 Å². The first kappa shape index (κ1) is 29.7. The van der Waals surface area contributed by atoms with Gasteiger partial charge in [-0.25, -0.2) is 4.98 Å². The Bertz CT molecular complexity index is 1810. The predicted octanol–water partition coefficient (Wildman–Crippen LogP) is 6.21. The SMILES string of the molecule is Cc1ccc(Oc2nc(-c3ccsc3)nc3c2cnn3C)cc1NC(=O)c1ccc(CN2CCN(C)CC2)c(C(F)(F)F)c1. The van der Waals surface area contributed by atoms with E-state index in [-0.39, 0.29) is 23.6 Å². The molecule has 13 heteroatoms. The summed E-state index contributed by atoms with van der Waals surface area (Å²) in [6.07, 6.45) is -2.98. The fourth-order valence-electron chi connectivity index (χ4n) is 5.07. The number of thiophene rings is 1. The molecule has 0 saturated carbocycles. The summed E-state index contributed by atoms with van der Waals surface area (Å²) in [5.41, 5.74) is 1.81. The molecule has 4 heterocycles. The Labute approximate surface area is 255 Å². The smallest absolute Gasteiger partial charge is 0.416 e. The van der Waals surface area contributed by atoms with Gasteiger partial charge in [0.15, 0.2) is 11.5 Å². The number of fused-ring (bicyclic) bond motifs is 1. The quantitative estimate of drug-likeness (QED) is 0.231. The van der Waals surface area contributed by atoms with Crippen LogP contribution in [0.25, 0.3) is 22.4 Å². The Kier molecular flexibility index (Phi) is 8.10. The molecule has 1 aliphatic heterocycles. The van der Waals surface area contributed by atoms with Crippen LogP contribution in [0.4, 0.5) is 18.9 Å². The third-order valence-electron chi connectivity index (χ3n) is 7.68. The maximum Gasteiger partial charge on any atom is 0.416 e. The van der Waals surface area contributed by atoms with Crippen molar-refractivity contribution in [3.05, 3.63) is 81.7 Å². The number of hydrogen-bond acceptors (Lipinski definition) is 8. The van der Waals surface area contributed by atoms with Gasteiger partial charge in [-0.05, 0) is 54.7 Å². The van der Waals surface area contributed by atoms with E-state index >= 15 is 0 Å². The molecule has 0 bridgehead atoms. The number of rotatable bonds is 7. The summed E-state index contributed by atoms with van der Waals surface area (Å²) in [4.78, 5) is 26.6. The number of halogens is 3. The lowest BCUT2D eigenvalue weighted by atomic mass is 10.0. The second kappa shape index (κ2) is 12.0. The van der Waals surface area contributed by atoms with Crippen molar-refractivity contribution < 1.29 is 22.7 Å². The number of nitrogens with zero attached hydrogens (tertiary/aromatic N) is 6. The van der Waals surface area contributed by atoms with Gasteiger partial charge in [0.25, 0.3) is 5.91 Å². The minimum Gasteiger partial charge on any atom is -0.438 e. The molecule has 0 spiro atoms. The third kappa shape index (κ3) is 6.30. The van der Waals surface area contributed by atoms with E-state index in [4.69, 9.17) is 4.74 Å². The minimum atomic E-state index is -4.60. The number of carbonyl (C=O) groups excluding carboxylic acids is 1. The van der Waals surface area contributed by atoms with Gasteiger partial charge in [0.1, 0.15) is 11.1 Å². The summed E-state index contributed by atoms with van der Waals surface area (Å²) < 4.78 is 50.1. The molecule has 9 nitrogen and oxygen atoms in total. The van der Waals surface area contributed by atoms with Crippen molar-refractivity contribution in [1.82, 2.24) is 29.5 Å². The van der Waals surface area contributed by atoms with Crippen molar-refractivity contribution in [2.24, 2.45) is 7.05 Å². The fourth-order valence-corrected chi connectivity index (χ4v) is 5.70. The van der Waals surface area contributed by atoms with Crippen LogP contribution in [0.5, 0.6) is 11.6 Å². The molecule has 1 fully saturated rings. The van der Waals surface area contributed by atoms with Crippen LogP contribution >= 0.6 is 11.3 Å². The molecule has 0 unspecified atom stereocenters. The lowest BCUT2D eigenvalue weighted by molar-refractivity contribution is -0.138. The Hall–Kier alpha value is -4.33. The van der Waals surface area contributed by atoms with E-state index in [1.54, 1.807) is 43.0 Å². The first-order valence-corrected chi connectivity index (χ1v) is 14.9. The van der Waals surface area contributed by atoms with Gasteiger partial charge in [-0.1, -0.05) is 12.1 Å². The molecule has 228 valence electrons. The van der Waals surface area contributed by atoms with E-state index in [2.05, 4.69) is 25.3 Å². The van der Waals surface area contributed by atoms with Gasteiger partial charge >= 0.3 is 6.18 Å². The number of anilines is 1. The number of likely N-dealkylation sites (N-methyl/N-ethyl adjacent to an activating group) is 1. The van der Waals surface area contributed by atoms with Crippen molar-refractivity contribution in [2.75, 3.05) is 38.5 Å². The average Bonchev–Trinajstić information content (AvgIpc) is 3.66. The van der Waals surface area contributed by atoms with E-state index in [1.807, 2.05) is 28.8 Å². The molecule has 0 radical (unpaired) electrons. The van der Waals surface area contributed by atoms with Crippen molar-refractivity contribution >= 4 is 34.0 Å². The molecule has 0 aliphatic carbocycles. The molecular weight excluding hydrogens is 591 g/mol. The van der Waals surface area contributed by atoms with Crippen LogP contribution in [0.2, 0.25) is 0 Å². The van der Waals surface area contributed by atoms with Gasteiger partial charge in [0.05, 0.1) is 11.8 Å². The molecule has 1 saturated heterocycles. The monoisotopic (exact) mass is 621 g/mol. The fraction of sp³-hybridized carbons (Fsp3) is 0.290. The number of alkyl halides is 3. The highest BCUT2D eigenvalue weighted by Gasteiger charge is 2.34. The zero-order valence-electron chi connectivity index (χ0n) is 24.4. The standard InChI is InChI=1S/C31H30F3N7O2S/c1-19-4-7-23(43-30-24-16-35-40(3)28(24)37-27(38-30)22-8-13-44-18-22)15-26(19)36-29(42)20-5-6-21(25(14-20)31(32,33)34)17-41-11-9-39(2)10-12-41/h4-8,13-16,18H,9-12,17H2,1-3H3,(H,36,42). The van der Waals surface area contributed by atoms with Crippen molar-refractivity contribution in [2.45, 2.75) is 19.6 Å². The first-order chi connectivity index (χ1) is 21.0. The van der Waals surface area contributed by atoms with Crippen LogP contribution in [0.1, 0.15) is 27.0 Å². The van der Waals surface area contributed by atoms with Gasteiger partial charge in [-0.3, -0.25) is 14.4 Å². The summed E-state index contributed by atoms with van der Waals surface area (Å²) in [5.74, 6) is 0.494. The lowest BCUT2D eigenvalue weighted by Gasteiger charge is -2.33. The maximum atomic E-state index is 14.1. The number of amides is 1. The second-order valence-electron chi connectivity index (χ2n) is 10.9. The molecule has 1 N–H and O–H groups in total.